The first kappa shape index (κ1) is 28.8. The number of allylic oxidation sites excluding steroid dienone is 1. The highest BCUT2D eigenvalue weighted by atomic mass is 16.9. The summed E-state index contributed by atoms with van der Waals surface area (Å²) in [4.78, 5) is 0. The molecule has 0 aliphatic heterocycles. The molecule has 1 aromatic rings. The minimum atomic E-state index is -1.15. The molecule has 0 bridgehead atoms. The Morgan fingerprint density at radius 1 is 0.969 bits per heavy atom. The monoisotopic (exact) mass is 448 g/mol. The fourth-order valence-electron chi connectivity index (χ4n) is 5.03. The van der Waals surface area contributed by atoms with E-state index in [9.17, 15) is 0 Å². The molecule has 0 amide bonds. The Kier molecular flexibility index (Phi) is 14.7. The van der Waals surface area contributed by atoms with Crippen LogP contribution in [0.1, 0.15) is 70.3 Å². The van der Waals surface area contributed by atoms with Gasteiger partial charge in [0.25, 0.3) is 5.97 Å². The Morgan fingerprint density at radius 2 is 1.62 bits per heavy atom. The van der Waals surface area contributed by atoms with Crippen molar-refractivity contribution >= 4 is 0 Å². The molecule has 0 saturated carbocycles. The van der Waals surface area contributed by atoms with Gasteiger partial charge in [0.1, 0.15) is 0 Å². The van der Waals surface area contributed by atoms with Gasteiger partial charge in [0.05, 0.1) is 5.41 Å². The van der Waals surface area contributed by atoms with E-state index in [1.807, 2.05) is 6.07 Å². The lowest BCUT2D eigenvalue weighted by Gasteiger charge is -2.51. The average Bonchev–Trinajstić information content (AvgIpc) is 2.84. The fourth-order valence-corrected chi connectivity index (χ4v) is 5.03. The first-order valence-electron chi connectivity index (χ1n) is 12.3. The van der Waals surface area contributed by atoms with Gasteiger partial charge < -0.3 is 25.3 Å². The third-order valence-electron chi connectivity index (χ3n) is 6.78. The van der Waals surface area contributed by atoms with E-state index in [4.69, 9.17) is 19.9 Å². The van der Waals surface area contributed by atoms with Gasteiger partial charge in [0.15, 0.2) is 0 Å². The molecule has 2 atom stereocenters. The van der Waals surface area contributed by atoms with Crippen LogP contribution < -0.4 is 11.1 Å². The Bertz CT molecular complexity index is 584. The second kappa shape index (κ2) is 16.4. The van der Waals surface area contributed by atoms with E-state index in [1.54, 1.807) is 21.3 Å². The van der Waals surface area contributed by atoms with Gasteiger partial charge in [-0.3, -0.25) is 0 Å². The molecule has 0 heterocycles. The summed E-state index contributed by atoms with van der Waals surface area (Å²) < 4.78 is 17.9. The summed E-state index contributed by atoms with van der Waals surface area (Å²) >= 11 is 0. The number of unbranched alkanes of at least 4 members (excludes halogenated alkanes) is 4. The summed E-state index contributed by atoms with van der Waals surface area (Å²) in [6.07, 6.45) is 11.9. The Morgan fingerprint density at radius 3 is 2.19 bits per heavy atom. The summed E-state index contributed by atoms with van der Waals surface area (Å²) in [5, 5.41) is 3.61. The van der Waals surface area contributed by atoms with Crippen molar-refractivity contribution in [1.29, 1.82) is 0 Å². The molecule has 1 aromatic carbocycles. The van der Waals surface area contributed by atoms with Gasteiger partial charge in [0, 0.05) is 27.9 Å². The van der Waals surface area contributed by atoms with Gasteiger partial charge in [-0.1, -0.05) is 75.4 Å². The molecule has 0 saturated heterocycles. The molecular weight excluding hydrogens is 400 g/mol. The highest BCUT2D eigenvalue weighted by molar-refractivity contribution is 5.14. The third kappa shape index (κ3) is 7.96. The largest absolute Gasteiger partial charge is 0.330 e. The molecule has 184 valence electrons. The molecule has 0 spiro atoms. The maximum atomic E-state index is 5.98. The normalized spacial score (nSPS) is 14.8. The fraction of sp³-hybridized carbons (Fsp3) is 0.704. The van der Waals surface area contributed by atoms with E-state index < -0.39 is 11.4 Å². The molecule has 0 fully saturated rings. The zero-order chi connectivity index (χ0) is 23.7. The molecule has 0 aliphatic rings. The number of ether oxygens (including phenoxy) is 3. The van der Waals surface area contributed by atoms with E-state index in [1.165, 1.54) is 31.2 Å². The van der Waals surface area contributed by atoms with Crippen LogP contribution in [0.3, 0.4) is 0 Å². The predicted molar refractivity (Wildman–Crippen MR) is 134 cm³/mol. The van der Waals surface area contributed by atoms with Gasteiger partial charge >= 0.3 is 0 Å². The SMILES string of the molecule is C=CC(CCCCCCC)C(CCCN)(CCNCc1ccccc1)C(OC)(OC)OC. The second-order valence-electron chi connectivity index (χ2n) is 8.67. The van der Waals surface area contributed by atoms with Gasteiger partial charge in [0.2, 0.25) is 0 Å². The lowest BCUT2D eigenvalue weighted by atomic mass is 9.65. The van der Waals surface area contributed by atoms with E-state index in [2.05, 4.69) is 49.2 Å². The first-order chi connectivity index (χ1) is 15.6. The Balaban J connectivity index is 3.09. The van der Waals surface area contributed by atoms with Gasteiger partial charge in [-0.05, 0) is 50.3 Å². The molecule has 5 nitrogen and oxygen atoms in total. The molecule has 0 radical (unpaired) electrons. The molecule has 32 heavy (non-hydrogen) atoms. The minimum absolute atomic E-state index is 0.189. The van der Waals surface area contributed by atoms with Crippen LogP contribution in [0.15, 0.2) is 43.0 Å². The number of hydrogen-bond donors (Lipinski definition) is 2. The summed E-state index contributed by atoms with van der Waals surface area (Å²) in [5.41, 5.74) is 6.84. The van der Waals surface area contributed by atoms with Crippen LogP contribution in [0.4, 0.5) is 0 Å². The molecule has 1 rings (SSSR count). The number of nitrogens with two attached hydrogens (primary N) is 1. The zero-order valence-electron chi connectivity index (χ0n) is 21.0. The van der Waals surface area contributed by atoms with Crippen molar-refractivity contribution in [1.82, 2.24) is 5.32 Å². The molecule has 0 aliphatic carbocycles. The third-order valence-corrected chi connectivity index (χ3v) is 6.78. The summed E-state index contributed by atoms with van der Waals surface area (Å²) in [6.45, 7) is 8.73. The maximum Gasteiger partial charge on any atom is 0.288 e. The Labute approximate surface area is 197 Å². The van der Waals surface area contributed by atoms with Gasteiger partial charge in [-0.2, -0.15) is 0 Å². The highest BCUT2D eigenvalue weighted by Crippen LogP contribution is 2.51. The quantitative estimate of drug-likeness (QED) is 0.153. The number of benzene rings is 1. The average molecular weight is 449 g/mol. The van der Waals surface area contributed by atoms with Crippen molar-refractivity contribution in [2.24, 2.45) is 17.1 Å². The van der Waals surface area contributed by atoms with Crippen molar-refractivity contribution in [2.45, 2.75) is 77.2 Å². The Hall–Kier alpha value is -1.24. The van der Waals surface area contributed by atoms with Crippen molar-refractivity contribution in [3.63, 3.8) is 0 Å². The number of methoxy groups -OCH3 is 3. The maximum absolute atomic E-state index is 5.98. The molecular formula is C27H48N2O3. The molecule has 5 heteroatoms. The number of rotatable bonds is 20. The highest BCUT2D eigenvalue weighted by Gasteiger charge is 2.56. The zero-order valence-corrected chi connectivity index (χ0v) is 21.0. The van der Waals surface area contributed by atoms with Crippen LogP contribution in [0.5, 0.6) is 0 Å². The van der Waals surface area contributed by atoms with Crippen LogP contribution in [0.25, 0.3) is 0 Å². The van der Waals surface area contributed by atoms with E-state index in [0.717, 1.165) is 45.2 Å². The second-order valence-corrected chi connectivity index (χ2v) is 8.67. The standard InChI is InChI=1S/C27H48N2O3/c1-6-8-9-10-14-18-25(7-2)26(19-15-21-28,27(30-3,31-4)32-5)20-22-29-23-24-16-12-11-13-17-24/h7,11-13,16-17,25,29H,2,6,8-10,14-15,18-23,28H2,1,3-5H3. The topological polar surface area (TPSA) is 65.7 Å². The lowest BCUT2D eigenvalue weighted by molar-refractivity contribution is -0.416. The summed E-state index contributed by atoms with van der Waals surface area (Å²) in [5.74, 6) is -0.965. The molecule has 3 N–H and O–H groups in total. The lowest BCUT2D eigenvalue weighted by Crippen LogP contribution is -2.57. The summed E-state index contributed by atoms with van der Waals surface area (Å²) in [6, 6.07) is 10.5. The van der Waals surface area contributed by atoms with Gasteiger partial charge in [-0.15, -0.1) is 6.58 Å². The van der Waals surface area contributed by atoms with E-state index in [-0.39, 0.29) is 5.92 Å². The number of hydrogen-bond acceptors (Lipinski definition) is 5. The van der Waals surface area contributed by atoms with Crippen LogP contribution in [0.2, 0.25) is 0 Å². The minimum Gasteiger partial charge on any atom is -0.330 e. The van der Waals surface area contributed by atoms with Crippen LogP contribution in [0, 0.1) is 11.3 Å². The van der Waals surface area contributed by atoms with Crippen molar-refractivity contribution in [3.05, 3.63) is 48.6 Å². The van der Waals surface area contributed by atoms with Crippen LogP contribution >= 0.6 is 0 Å². The van der Waals surface area contributed by atoms with E-state index >= 15 is 0 Å². The van der Waals surface area contributed by atoms with Crippen LogP contribution in [-0.4, -0.2) is 40.4 Å². The van der Waals surface area contributed by atoms with Crippen LogP contribution in [-0.2, 0) is 20.8 Å². The van der Waals surface area contributed by atoms with Crippen molar-refractivity contribution in [3.8, 4) is 0 Å². The smallest absolute Gasteiger partial charge is 0.288 e. The van der Waals surface area contributed by atoms with Crippen molar-refractivity contribution < 1.29 is 14.2 Å². The molecule has 2 unspecified atom stereocenters. The van der Waals surface area contributed by atoms with E-state index in [0.29, 0.717) is 6.54 Å². The summed E-state index contributed by atoms with van der Waals surface area (Å²) in [7, 11) is 5.01. The number of nitrogens with one attached hydrogen (secondary N) is 1. The predicted octanol–water partition coefficient (Wildman–Crippen LogP) is 5.65. The van der Waals surface area contributed by atoms with Crippen molar-refractivity contribution in [2.75, 3.05) is 34.4 Å². The first-order valence-corrected chi connectivity index (χ1v) is 12.3. The van der Waals surface area contributed by atoms with Gasteiger partial charge in [-0.25, -0.2) is 0 Å². The molecule has 0 aromatic heterocycles.